The van der Waals surface area contributed by atoms with E-state index in [0.717, 1.165) is 0 Å². The fraction of sp³-hybridized carbons (Fsp3) is 0.833. The highest BCUT2D eigenvalue weighted by Gasteiger charge is 2.15. The molecular weight excluding hydrogens is 168 g/mol. The first-order valence-corrected chi connectivity index (χ1v) is 3.30. The predicted molar refractivity (Wildman–Crippen MR) is 36.8 cm³/mol. The van der Waals surface area contributed by atoms with E-state index in [9.17, 15) is 4.79 Å². The van der Waals surface area contributed by atoms with Crippen molar-refractivity contribution in [3.63, 3.8) is 0 Å². The molecule has 0 aromatic heterocycles. The van der Waals surface area contributed by atoms with Crippen LogP contribution in [0.4, 0.5) is 0 Å². The first-order valence-electron chi connectivity index (χ1n) is 3.30. The number of aliphatic hydroxyl groups excluding tert-OH is 3. The second-order valence-electron chi connectivity index (χ2n) is 2.06. The fourth-order valence-corrected chi connectivity index (χ4v) is 0.388. The number of esters is 1. The average molecular weight is 180 g/mol. The Kier molecular flexibility index (Phi) is 5.56. The van der Waals surface area contributed by atoms with Crippen LogP contribution in [0.1, 0.15) is 6.92 Å². The molecule has 0 aliphatic heterocycles. The van der Waals surface area contributed by atoms with Crippen LogP contribution in [0.5, 0.6) is 0 Å². The van der Waals surface area contributed by atoms with Crippen molar-refractivity contribution in [2.24, 2.45) is 0 Å². The fourth-order valence-electron chi connectivity index (χ4n) is 0.388. The average Bonchev–Trinajstić information content (AvgIpc) is 2.02. The van der Waals surface area contributed by atoms with E-state index in [4.69, 9.17) is 15.3 Å². The molecule has 2 unspecified atom stereocenters. The smallest absolute Gasteiger partial charge is 0.304 e. The number of carbonyl (C=O) groups excluding carboxylic acids is 1. The molecule has 12 heavy (non-hydrogen) atoms. The van der Waals surface area contributed by atoms with Gasteiger partial charge in [0.15, 0.2) is 13.1 Å². The molecule has 0 spiro atoms. The van der Waals surface area contributed by atoms with E-state index in [1.165, 1.54) is 6.92 Å². The summed E-state index contributed by atoms with van der Waals surface area (Å²) in [6.45, 7) is 0.104. The minimum Gasteiger partial charge on any atom is -0.439 e. The summed E-state index contributed by atoms with van der Waals surface area (Å²) in [5.41, 5.74) is 0. The van der Waals surface area contributed by atoms with Crippen LogP contribution < -0.4 is 0 Å². The minimum atomic E-state index is -1.55. The molecule has 6 heteroatoms. The molecule has 0 rings (SSSR count). The molecule has 6 nitrogen and oxygen atoms in total. The lowest BCUT2D eigenvalue weighted by atomic mass is 10.4. The predicted octanol–water partition coefficient (Wildman–Crippen LogP) is -1.80. The number of hydrogen-bond acceptors (Lipinski definition) is 6. The Bertz CT molecular complexity index is 136. The number of rotatable bonds is 5. The molecule has 0 aliphatic carbocycles. The van der Waals surface area contributed by atoms with Gasteiger partial charge in [0.2, 0.25) is 0 Å². The van der Waals surface area contributed by atoms with Gasteiger partial charge in [-0.2, -0.15) is 0 Å². The van der Waals surface area contributed by atoms with Gasteiger partial charge in [0.25, 0.3) is 0 Å². The van der Waals surface area contributed by atoms with Gasteiger partial charge in [-0.15, -0.1) is 0 Å². The quantitative estimate of drug-likeness (QED) is 0.341. The lowest BCUT2D eigenvalue weighted by molar-refractivity contribution is -0.214. The summed E-state index contributed by atoms with van der Waals surface area (Å²) in [6, 6.07) is 0. The summed E-state index contributed by atoms with van der Waals surface area (Å²) in [4.78, 5) is 10.2. The molecule has 3 N–H and O–H groups in total. The Morgan fingerprint density at radius 1 is 1.50 bits per heavy atom. The molecule has 0 amide bonds. The Morgan fingerprint density at radius 2 is 2.08 bits per heavy atom. The summed E-state index contributed by atoms with van der Waals surface area (Å²) < 4.78 is 8.70. The van der Waals surface area contributed by atoms with Gasteiger partial charge in [-0.05, 0) is 0 Å². The van der Waals surface area contributed by atoms with Crippen molar-refractivity contribution in [1.82, 2.24) is 0 Å². The summed E-state index contributed by atoms with van der Waals surface area (Å²) in [5.74, 6) is -0.555. The lowest BCUT2D eigenvalue weighted by Gasteiger charge is -2.15. The zero-order chi connectivity index (χ0) is 9.56. The lowest BCUT2D eigenvalue weighted by Crippen LogP contribution is -2.32. The van der Waals surface area contributed by atoms with Gasteiger partial charge in [0, 0.05) is 6.92 Å². The van der Waals surface area contributed by atoms with E-state index in [-0.39, 0.29) is 0 Å². The molecule has 0 heterocycles. The van der Waals surface area contributed by atoms with Crippen molar-refractivity contribution in [2.45, 2.75) is 19.3 Å². The molecular formula is C6H12O6. The number of hydrogen-bond donors (Lipinski definition) is 3. The molecule has 2 atom stereocenters. The van der Waals surface area contributed by atoms with Gasteiger partial charge in [0.1, 0.15) is 6.10 Å². The first-order chi connectivity index (χ1) is 5.57. The van der Waals surface area contributed by atoms with Gasteiger partial charge >= 0.3 is 5.97 Å². The van der Waals surface area contributed by atoms with E-state index in [2.05, 4.69) is 9.47 Å². The van der Waals surface area contributed by atoms with E-state index in [0.29, 0.717) is 0 Å². The molecule has 0 radical (unpaired) electrons. The maximum Gasteiger partial charge on any atom is 0.304 e. The maximum atomic E-state index is 10.2. The Balaban J connectivity index is 3.43. The van der Waals surface area contributed by atoms with Crippen LogP contribution in [0.15, 0.2) is 0 Å². The molecule has 72 valence electrons. The zero-order valence-corrected chi connectivity index (χ0v) is 6.64. The third-order valence-electron chi connectivity index (χ3n) is 1.02. The summed E-state index contributed by atoms with van der Waals surface area (Å²) in [6.07, 6.45) is -2.94. The standard InChI is InChI=1S/C6H12O6/c1-4(8)11-3-12-6(10)5(9)2-7/h5-7,9-10H,2-3H2,1H3. The highest BCUT2D eigenvalue weighted by atomic mass is 16.7. The molecule has 0 saturated carbocycles. The summed E-state index contributed by atoms with van der Waals surface area (Å²) in [7, 11) is 0. The topological polar surface area (TPSA) is 96.2 Å². The van der Waals surface area contributed by atoms with Gasteiger partial charge in [0.05, 0.1) is 6.61 Å². The molecule has 0 aromatic rings. The maximum absolute atomic E-state index is 10.2. The van der Waals surface area contributed by atoms with Crippen molar-refractivity contribution in [1.29, 1.82) is 0 Å². The summed E-state index contributed by atoms with van der Waals surface area (Å²) in [5, 5.41) is 25.8. The van der Waals surface area contributed by atoms with Crippen molar-refractivity contribution in [3.8, 4) is 0 Å². The van der Waals surface area contributed by atoms with Gasteiger partial charge < -0.3 is 24.8 Å². The van der Waals surface area contributed by atoms with E-state index in [1.54, 1.807) is 0 Å². The van der Waals surface area contributed by atoms with E-state index in [1.807, 2.05) is 0 Å². The summed E-state index contributed by atoms with van der Waals surface area (Å²) >= 11 is 0. The Labute approximate surface area is 69.3 Å². The number of ether oxygens (including phenoxy) is 2. The highest BCUT2D eigenvalue weighted by Crippen LogP contribution is 1.94. The van der Waals surface area contributed by atoms with Crippen LogP contribution >= 0.6 is 0 Å². The Hall–Kier alpha value is -0.690. The van der Waals surface area contributed by atoms with E-state index < -0.39 is 31.8 Å². The van der Waals surface area contributed by atoms with Crippen molar-refractivity contribution in [3.05, 3.63) is 0 Å². The highest BCUT2D eigenvalue weighted by molar-refractivity contribution is 5.65. The van der Waals surface area contributed by atoms with Crippen LogP contribution in [-0.2, 0) is 14.3 Å². The first kappa shape index (κ1) is 11.3. The second kappa shape index (κ2) is 5.90. The van der Waals surface area contributed by atoms with Crippen LogP contribution in [-0.4, -0.2) is 47.1 Å². The molecule has 0 fully saturated rings. The molecule has 0 aromatic carbocycles. The van der Waals surface area contributed by atoms with Crippen LogP contribution in [0.3, 0.4) is 0 Å². The second-order valence-corrected chi connectivity index (χ2v) is 2.06. The molecule has 0 saturated heterocycles. The number of aliphatic hydroxyl groups is 3. The van der Waals surface area contributed by atoms with Crippen molar-refractivity contribution < 1.29 is 29.6 Å². The van der Waals surface area contributed by atoms with Gasteiger partial charge in [-0.1, -0.05) is 0 Å². The van der Waals surface area contributed by atoms with Crippen LogP contribution in [0, 0.1) is 0 Å². The SMILES string of the molecule is CC(=O)OCOC(O)C(O)CO. The Morgan fingerprint density at radius 3 is 2.50 bits per heavy atom. The largest absolute Gasteiger partial charge is 0.439 e. The monoisotopic (exact) mass is 180 g/mol. The minimum absolute atomic E-state index is 0.451. The molecule has 0 bridgehead atoms. The van der Waals surface area contributed by atoms with E-state index >= 15 is 0 Å². The van der Waals surface area contributed by atoms with Crippen molar-refractivity contribution in [2.75, 3.05) is 13.4 Å². The van der Waals surface area contributed by atoms with Crippen LogP contribution in [0.25, 0.3) is 0 Å². The zero-order valence-electron chi connectivity index (χ0n) is 6.64. The normalized spacial score (nSPS) is 15.3. The van der Waals surface area contributed by atoms with Crippen molar-refractivity contribution >= 4 is 5.97 Å². The van der Waals surface area contributed by atoms with Gasteiger partial charge in [-0.25, -0.2) is 0 Å². The number of carbonyl (C=O) groups is 1. The van der Waals surface area contributed by atoms with Gasteiger partial charge in [-0.3, -0.25) is 4.79 Å². The third kappa shape index (κ3) is 5.03. The van der Waals surface area contributed by atoms with Crippen LogP contribution in [0.2, 0.25) is 0 Å². The third-order valence-corrected chi connectivity index (χ3v) is 1.02. The molecule has 0 aliphatic rings.